The Morgan fingerprint density at radius 1 is 0.744 bits per heavy atom. The summed E-state index contributed by atoms with van der Waals surface area (Å²) in [6.45, 7) is 9.26. The van der Waals surface area contributed by atoms with Crippen molar-refractivity contribution in [3.63, 3.8) is 0 Å². The molecule has 0 radical (unpaired) electrons. The standard InChI is InChI=1S/C32H47N3O4/c1-4-13-28(30(36)38-22-26-15-9-7-10-16-26)34-20-21-35(25-32(33,24-34)19-6-3)29(14-5-2)31(37)39-23-27-17-11-8-12-18-27/h7-12,15-18,28-29H,4-6,13-14,19-25,33H2,1-3H3. The van der Waals surface area contributed by atoms with Gasteiger partial charge in [0.2, 0.25) is 0 Å². The van der Waals surface area contributed by atoms with Gasteiger partial charge < -0.3 is 15.2 Å². The molecular weight excluding hydrogens is 490 g/mol. The van der Waals surface area contributed by atoms with Crippen LogP contribution in [0, 0.1) is 0 Å². The number of esters is 2. The lowest BCUT2D eigenvalue weighted by atomic mass is 9.92. The van der Waals surface area contributed by atoms with E-state index in [1.807, 2.05) is 60.7 Å². The summed E-state index contributed by atoms with van der Waals surface area (Å²) in [5.74, 6) is -0.416. The van der Waals surface area contributed by atoms with E-state index in [2.05, 4.69) is 30.6 Å². The van der Waals surface area contributed by atoms with Gasteiger partial charge in [0.15, 0.2) is 0 Å². The Morgan fingerprint density at radius 3 is 1.51 bits per heavy atom. The van der Waals surface area contributed by atoms with Gasteiger partial charge in [-0.05, 0) is 30.4 Å². The fraction of sp³-hybridized carbons (Fsp3) is 0.562. The maximum absolute atomic E-state index is 13.3. The van der Waals surface area contributed by atoms with Crippen molar-refractivity contribution >= 4 is 11.9 Å². The van der Waals surface area contributed by atoms with Crippen LogP contribution in [0.15, 0.2) is 60.7 Å². The second-order valence-electron chi connectivity index (χ2n) is 10.8. The highest BCUT2D eigenvalue weighted by Crippen LogP contribution is 2.24. The van der Waals surface area contributed by atoms with E-state index in [-0.39, 0.29) is 37.2 Å². The molecule has 0 spiro atoms. The van der Waals surface area contributed by atoms with Gasteiger partial charge in [-0.3, -0.25) is 19.4 Å². The Morgan fingerprint density at radius 2 is 1.15 bits per heavy atom. The van der Waals surface area contributed by atoms with Crippen LogP contribution in [0.2, 0.25) is 0 Å². The van der Waals surface area contributed by atoms with E-state index in [0.29, 0.717) is 39.0 Å². The number of carbonyl (C=O) groups is 2. The van der Waals surface area contributed by atoms with E-state index in [1.54, 1.807) is 0 Å². The normalized spacial score (nSPS) is 20.1. The minimum atomic E-state index is -0.553. The third-order valence-electron chi connectivity index (χ3n) is 7.46. The SMILES string of the molecule is CCCC(C(=O)OCc1ccccc1)N1CCN(C(CCC)C(=O)OCc2ccccc2)CC(N)(CCC)C1. The molecule has 39 heavy (non-hydrogen) atoms. The maximum Gasteiger partial charge on any atom is 0.323 e. The van der Waals surface area contributed by atoms with E-state index < -0.39 is 5.54 Å². The monoisotopic (exact) mass is 537 g/mol. The van der Waals surface area contributed by atoms with Gasteiger partial charge in [-0.2, -0.15) is 0 Å². The van der Waals surface area contributed by atoms with Crippen LogP contribution >= 0.6 is 0 Å². The molecule has 1 aliphatic heterocycles. The Labute approximate surface area is 234 Å². The first-order valence-corrected chi connectivity index (χ1v) is 14.6. The average molecular weight is 538 g/mol. The average Bonchev–Trinajstić information content (AvgIpc) is 3.12. The van der Waals surface area contributed by atoms with Crippen molar-refractivity contribution in [2.75, 3.05) is 26.2 Å². The van der Waals surface area contributed by atoms with Crippen LogP contribution in [0.4, 0.5) is 0 Å². The first-order valence-electron chi connectivity index (χ1n) is 14.6. The Bertz CT molecular complexity index is 925. The Balaban J connectivity index is 1.74. The topological polar surface area (TPSA) is 85.1 Å². The van der Waals surface area contributed by atoms with Crippen LogP contribution in [-0.2, 0) is 32.3 Å². The second-order valence-corrected chi connectivity index (χ2v) is 10.8. The van der Waals surface area contributed by atoms with E-state index in [4.69, 9.17) is 15.2 Å². The van der Waals surface area contributed by atoms with E-state index in [0.717, 1.165) is 36.8 Å². The number of nitrogens with zero attached hydrogens (tertiary/aromatic N) is 2. The highest BCUT2D eigenvalue weighted by Gasteiger charge is 2.40. The molecule has 0 aliphatic carbocycles. The van der Waals surface area contributed by atoms with Crippen LogP contribution in [-0.4, -0.2) is 65.5 Å². The zero-order valence-corrected chi connectivity index (χ0v) is 24.0. The molecule has 0 saturated carbocycles. The maximum atomic E-state index is 13.3. The van der Waals surface area contributed by atoms with Crippen molar-refractivity contribution in [1.29, 1.82) is 0 Å². The molecule has 0 amide bonds. The summed E-state index contributed by atoms with van der Waals surface area (Å²) in [5, 5.41) is 0. The number of nitrogens with two attached hydrogens (primary N) is 1. The fourth-order valence-corrected chi connectivity index (χ4v) is 5.56. The van der Waals surface area contributed by atoms with E-state index in [1.165, 1.54) is 0 Å². The highest BCUT2D eigenvalue weighted by molar-refractivity contribution is 5.76. The largest absolute Gasteiger partial charge is 0.460 e. The summed E-state index contributed by atoms with van der Waals surface area (Å²) in [4.78, 5) is 31.1. The van der Waals surface area contributed by atoms with Crippen LogP contribution < -0.4 is 5.73 Å². The third-order valence-corrected chi connectivity index (χ3v) is 7.46. The zero-order valence-electron chi connectivity index (χ0n) is 24.0. The lowest BCUT2D eigenvalue weighted by Gasteiger charge is -2.37. The van der Waals surface area contributed by atoms with Gasteiger partial charge in [-0.1, -0.05) is 101 Å². The predicted molar refractivity (Wildman–Crippen MR) is 155 cm³/mol. The first-order chi connectivity index (χ1) is 18.9. The molecule has 2 aromatic carbocycles. The number of ether oxygens (including phenoxy) is 2. The third kappa shape index (κ3) is 9.45. The van der Waals surface area contributed by atoms with Crippen LogP contribution in [0.25, 0.3) is 0 Å². The summed E-state index contributed by atoms with van der Waals surface area (Å²) < 4.78 is 11.6. The minimum absolute atomic E-state index is 0.208. The van der Waals surface area contributed by atoms with Crippen molar-refractivity contribution in [1.82, 2.24) is 9.80 Å². The number of carbonyl (C=O) groups excluding carboxylic acids is 2. The van der Waals surface area contributed by atoms with E-state index in [9.17, 15) is 9.59 Å². The van der Waals surface area contributed by atoms with Crippen molar-refractivity contribution in [2.45, 2.75) is 90.1 Å². The fourth-order valence-electron chi connectivity index (χ4n) is 5.56. The molecule has 1 saturated heterocycles. The summed E-state index contributed by atoms with van der Waals surface area (Å²) >= 11 is 0. The highest BCUT2D eigenvalue weighted by atomic mass is 16.5. The molecule has 7 heteroatoms. The molecule has 1 heterocycles. The lowest BCUT2D eigenvalue weighted by molar-refractivity contribution is -0.153. The van der Waals surface area contributed by atoms with Gasteiger partial charge in [0, 0.05) is 31.7 Å². The molecule has 3 rings (SSSR count). The molecule has 7 nitrogen and oxygen atoms in total. The van der Waals surface area contributed by atoms with Gasteiger partial charge >= 0.3 is 11.9 Å². The molecular formula is C32H47N3O4. The number of benzene rings is 2. The molecule has 0 bridgehead atoms. The Kier molecular flexibility index (Phi) is 12.4. The summed E-state index contributed by atoms with van der Waals surface area (Å²) in [5.41, 5.74) is 8.45. The number of hydrogen-bond acceptors (Lipinski definition) is 7. The Hall–Kier alpha value is -2.74. The number of hydrogen-bond donors (Lipinski definition) is 1. The summed E-state index contributed by atoms with van der Waals surface area (Å²) in [7, 11) is 0. The van der Waals surface area contributed by atoms with Crippen LogP contribution in [0.1, 0.15) is 70.4 Å². The van der Waals surface area contributed by atoms with Crippen LogP contribution in [0.3, 0.4) is 0 Å². The van der Waals surface area contributed by atoms with Gasteiger partial charge in [-0.25, -0.2) is 0 Å². The molecule has 1 aliphatic rings. The quantitative estimate of drug-likeness (QED) is 0.342. The second kappa shape index (κ2) is 15.8. The zero-order chi connectivity index (χ0) is 28.1. The molecule has 2 unspecified atom stereocenters. The van der Waals surface area contributed by atoms with Crippen molar-refractivity contribution in [3.05, 3.63) is 71.8 Å². The lowest BCUT2D eigenvalue weighted by Crippen LogP contribution is -2.58. The van der Waals surface area contributed by atoms with Crippen molar-refractivity contribution in [3.8, 4) is 0 Å². The smallest absolute Gasteiger partial charge is 0.323 e. The van der Waals surface area contributed by atoms with Gasteiger partial charge in [0.05, 0.1) is 0 Å². The van der Waals surface area contributed by atoms with Gasteiger partial charge in [0.1, 0.15) is 25.3 Å². The number of rotatable bonds is 14. The summed E-state index contributed by atoms with van der Waals surface area (Å²) in [6.07, 6.45) is 4.85. The molecule has 2 N–H and O–H groups in total. The molecule has 2 atom stereocenters. The summed E-state index contributed by atoms with van der Waals surface area (Å²) in [6, 6.07) is 18.8. The van der Waals surface area contributed by atoms with Gasteiger partial charge in [-0.15, -0.1) is 0 Å². The minimum Gasteiger partial charge on any atom is -0.460 e. The molecule has 0 aromatic heterocycles. The van der Waals surface area contributed by atoms with Gasteiger partial charge in [0.25, 0.3) is 0 Å². The predicted octanol–water partition coefficient (Wildman–Crippen LogP) is 4.93. The molecule has 1 fully saturated rings. The van der Waals surface area contributed by atoms with Crippen molar-refractivity contribution in [2.24, 2.45) is 5.73 Å². The van der Waals surface area contributed by atoms with E-state index >= 15 is 0 Å². The van der Waals surface area contributed by atoms with Crippen LogP contribution in [0.5, 0.6) is 0 Å². The van der Waals surface area contributed by atoms with Crippen molar-refractivity contribution < 1.29 is 19.1 Å². The molecule has 214 valence electrons. The molecule has 2 aromatic rings. The first kappa shape index (κ1) is 30.8.